The lowest BCUT2D eigenvalue weighted by atomic mass is 9.83. The first-order chi connectivity index (χ1) is 30.2. The zero-order valence-corrected chi connectivity index (χ0v) is 37.5. The number of primary amides is 1. The summed E-state index contributed by atoms with van der Waals surface area (Å²) in [5, 5.41) is 0.923. The first-order valence-electron chi connectivity index (χ1n) is 21.4. The van der Waals surface area contributed by atoms with E-state index in [1.54, 1.807) is 37.5 Å². The number of aryl methyl sites for hydroxylation is 1. The Morgan fingerprint density at radius 1 is 0.746 bits per heavy atom. The molecule has 0 aliphatic heterocycles. The van der Waals surface area contributed by atoms with Crippen molar-refractivity contribution in [2.45, 2.75) is 111 Å². The lowest BCUT2D eigenvalue weighted by Gasteiger charge is -2.23. The Bertz CT molecular complexity index is 2490. The third-order valence-electron chi connectivity index (χ3n) is 10.1. The number of hydrogen-bond acceptors (Lipinski definition) is 7. The van der Waals surface area contributed by atoms with Gasteiger partial charge in [-0.05, 0) is 80.2 Å². The Kier molecular flexibility index (Phi) is 21.0. The number of H-pyrrole nitrogens is 2. The molecule has 0 unspecified atom stereocenters. The van der Waals surface area contributed by atoms with Crippen molar-refractivity contribution in [1.29, 1.82) is 0 Å². The van der Waals surface area contributed by atoms with Crippen LogP contribution in [-0.4, -0.2) is 40.1 Å². The Morgan fingerprint density at radius 2 is 1.30 bits per heavy atom. The van der Waals surface area contributed by atoms with Crippen LogP contribution in [0.25, 0.3) is 21.8 Å². The van der Waals surface area contributed by atoms with Crippen LogP contribution in [0.15, 0.2) is 82.9 Å². The standard InChI is InChI=1S/C13H16F2O.C13H14N2O.C9H7N3O2.C8H8F2O.C4H10.C2H6/c1-16-13-10(7-8-11(14)12(13)15)9-5-3-2-4-6-9;16-13-7-12(9-3-1-2-4-9)15-11-5-6-14-8-10(11)13;10-9(14)8-7-5(1-3-12-8)11-4-2-6(7)13;1-5-3-4-6(9)7(10)8(5)11-2;1-4(2)3;1-2/h7-9H,2-6H2,1H3;5-9H,1-4H2,(H,15,16);1-4H,(H2,10,14)(H,11,13);3-4H,1-2H3;4H,1-3H3;1-2H3. The van der Waals surface area contributed by atoms with Crippen molar-refractivity contribution in [2.75, 3.05) is 14.2 Å². The van der Waals surface area contributed by atoms with Gasteiger partial charge in [-0.3, -0.25) is 24.4 Å². The van der Waals surface area contributed by atoms with Gasteiger partial charge in [-0.2, -0.15) is 8.78 Å². The monoisotopic (exact) mass is 875 g/mol. The van der Waals surface area contributed by atoms with Crippen molar-refractivity contribution in [3.63, 3.8) is 0 Å². The molecule has 4 aromatic heterocycles. The van der Waals surface area contributed by atoms with Crippen molar-refractivity contribution in [2.24, 2.45) is 11.7 Å². The molecule has 4 heterocycles. The lowest BCUT2D eigenvalue weighted by Crippen LogP contribution is -2.17. The van der Waals surface area contributed by atoms with E-state index in [9.17, 15) is 31.9 Å². The van der Waals surface area contributed by atoms with E-state index in [0.717, 1.165) is 54.4 Å². The number of ether oxygens (including phenoxy) is 2. The van der Waals surface area contributed by atoms with Gasteiger partial charge in [0.25, 0.3) is 5.91 Å². The largest absolute Gasteiger partial charge is 0.493 e. The number of aromatic nitrogens is 4. The van der Waals surface area contributed by atoms with Crippen LogP contribution >= 0.6 is 0 Å². The molecule has 8 rings (SSSR count). The summed E-state index contributed by atoms with van der Waals surface area (Å²) in [4.78, 5) is 48.3. The van der Waals surface area contributed by atoms with Gasteiger partial charge in [-0.15, -0.1) is 0 Å². The van der Waals surface area contributed by atoms with E-state index < -0.39 is 29.2 Å². The molecule has 2 fully saturated rings. The van der Waals surface area contributed by atoms with E-state index in [2.05, 4.69) is 45.4 Å². The van der Waals surface area contributed by atoms with Gasteiger partial charge in [0.15, 0.2) is 34.0 Å². The van der Waals surface area contributed by atoms with Crippen LogP contribution < -0.4 is 26.1 Å². The third-order valence-corrected chi connectivity index (χ3v) is 10.1. The van der Waals surface area contributed by atoms with Crippen molar-refractivity contribution in [1.82, 2.24) is 19.9 Å². The quantitative estimate of drug-likeness (QED) is 0.146. The molecule has 2 saturated carbocycles. The first kappa shape index (κ1) is 51.3. The van der Waals surface area contributed by atoms with Crippen LogP contribution in [0, 0.1) is 36.1 Å². The molecular formula is C49H61F4N5O5. The molecule has 1 amide bonds. The van der Waals surface area contributed by atoms with Crippen LogP contribution in [0.1, 0.15) is 132 Å². The number of rotatable bonds is 5. The van der Waals surface area contributed by atoms with Gasteiger partial charge in [-0.25, -0.2) is 8.78 Å². The molecule has 10 nitrogen and oxygen atoms in total. The minimum Gasteiger partial charge on any atom is -0.493 e. The molecule has 2 aromatic carbocycles. The zero-order chi connectivity index (χ0) is 46.6. The number of amides is 1. The topological polar surface area (TPSA) is 153 Å². The summed E-state index contributed by atoms with van der Waals surface area (Å²) in [5.74, 6) is -2.44. The Labute approximate surface area is 366 Å². The minimum absolute atomic E-state index is 0.00403. The average Bonchev–Trinajstić information content (AvgIpc) is 3.83. The summed E-state index contributed by atoms with van der Waals surface area (Å²) in [5.41, 5.74) is 8.89. The van der Waals surface area contributed by atoms with Crippen molar-refractivity contribution in [3.05, 3.63) is 140 Å². The third kappa shape index (κ3) is 14.5. The second-order valence-electron chi connectivity index (χ2n) is 15.5. The lowest BCUT2D eigenvalue weighted by molar-refractivity contribution is 0.0997. The first-order valence-corrected chi connectivity index (χ1v) is 21.4. The van der Waals surface area contributed by atoms with Crippen molar-refractivity contribution in [3.8, 4) is 11.5 Å². The molecule has 6 aromatic rings. The van der Waals surface area contributed by atoms with Crippen molar-refractivity contribution >= 4 is 27.7 Å². The summed E-state index contributed by atoms with van der Waals surface area (Å²) >= 11 is 0. The molecule has 2 aliphatic rings. The highest BCUT2D eigenvalue weighted by atomic mass is 19.2. The predicted molar refractivity (Wildman–Crippen MR) is 243 cm³/mol. The average molecular weight is 876 g/mol. The summed E-state index contributed by atoms with van der Waals surface area (Å²) in [6, 6.07) is 12.0. The van der Waals surface area contributed by atoms with Gasteiger partial charge >= 0.3 is 0 Å². The van der Waals surface area contributed by atoms with Gasteiger partial charge in [0.1, 0.15) is 5.69 Å². The fourth-order valence-corrected chi connectivity index (χ4v) is 7.24. The maximum Gasteiger partial charge on any atom is 0.268 e. The predicted octanol–water partition coefficient (Wildman–Crippen LogP) is 11.6. The highest BCUT2D eigenvalue weighted by Crippen LogP contribution is 2.39. The van der Waals surface area contributed by atoms with Gasteiger partial charge in [0, 0.05) is 48.2 Å². The number of fused-ring (bicyclic) bond motifs is 2. The molecule has 0 radical (unpaired) electrons. The number of nitrogens with one attached hydrogen (secondary N) is 2. The van der Waals surface area contributed by atoms with Crippen molar-refractivity contribution < 1.29 is 31.8 Å². The van der Waals surface area contributed by atoms with E-state index in [4.69, 9.17) is 10.5 Å². The normalized spacial score (nSPS) is 13.4. The van der Waals surface area contributed by atoms with Crippen LogP contribution in [-0.2, 0) is 0 Å². The molecule has 4 N–H and O–H groups in total. The van der Waals surface area contributed by atoms with E-state index in [1.165, 1.54) is 76.9 Å². The fraction of sp³-hybridized carbons (Fsp3) is 0.408. The van der Waals surface area contributed by atoms with E-state index in [1.807, 2.05) is 19.9 Å². The summed E-state index contributed by atoms with van der Waals surface area (Å²) in [6.07, 6.45) is 16.9. The molecular weight excluding hydrogens is 815 g/mol. The smallest absolute Gasteiger partial charge is 0.268 e. The summed E-state index contributed by atoms with van der Waals surface area (Å²) in [6.45, 7) is 12.2. The number of pyridine rings is 4. The SMILES string of the molecule is CC.CC(C)C.COc1c(C)ccc(F)c1F.COc1c(C2CCCCC2)ccc(F)c1F.NC(=O)c1nccc2[nH]ccc(=O)c12.O=c1cc(C2CCCC2)[nH]c2ccncc12. The number of halogens is 4. The number of carbonyl (C=O) groups excluding carboxylic acids is 1. The number of aromatic amines is 2. The second-order valence-corrected chi connectivity index (χ2v) is 15.5. The van der Waals surface area contributed by atoms with Gasteiger partial charge < -0.3 is 25.2 Å². The zero-order valence-electron chi connectivity index (χ0n) is 37.5. The molecule has 0 atom stereocenters. The van der Waals surface area contributed by atoms with Gasteiger partial charge in [-0.1, -0.05) is 78.9 Å². The number of methoxy groups -OCH3 is 2. The maximum atomic E-state index is 13.5. The maximum absolute atomic E-state index is 13.5. The number of nitrogens with two attached hydrogens (primary N) is 1. The highest BCUT2D eigenvalue weighted by Gasteiger charge is 2.23. The molecule has 14 heteroatoms. The Hall–Kier alpha value is -6.05. The molecule has 0 spiro atoms. The second kappa shape index (κ2) is 25.8. The number of benzene rings is 2. The van der Waals surface area contributed by atoms with Crippen LogP contribution in [0.3, 0.4) is 0 Å². The molecule has 0 bridgehead atoms. The van der Waals surface area contributed by atoms with Crippen LogP contribution in [0.4, 0.5) is 17.6 Å². The Balaban J connectivity index is 0.000000216. The van der Waals surface area contributed by atoms with Crippen LogP contribution in [0.5, 0.6) is 11.5 Å². The summed E-state index contributed by atoms with van der Waals surface area (Å²) < 4.78 is 61.5. The van der Waals surface area contributed by atoms with Crippen LogP contribution in [0.2, 0.25) is 0 Å². The van der Waals surface area contributed by atoms with E-state index in [-0.39, 0.29) is 33.4 Å². The number of carbonyl (C=O) groups is 1. The van der Waals surface area contributed by atoms with Gasteiger partial charge in [0.05, 0.1) is 36.0 Å². The number of hydrogen-bond donors (Lipinski definition) is 3. The molecule has 0 saturated heterocycles. The minimum atomic E-state index is -0.924. The summed E-state index contributed by atoms with van der Waals surface area (Å²) in [7, 11) is 2.70. The number of nitrogens with zero attached hydrogens (tertiary/aromatic N) is 2. The highest BCUT2D eigenvalue weighted by molar-refractivity contribution is 6.03. The molecule has 340 valence electrons. The van der Waals surface area contributed by atoms with Gasteiger partial charge in [0.2, 0.25) is 11.6 Å². The van der Waals surface area contributed by atoms with E-state index >= 15 is 0 Å². The molecule has 2 aliphatic carbocycles. The van der Waals surface area contributed by atoms with E-state index in [0.29, 0.717) is 28.3 Å². The fourth-order valence-electron chi connectivity index (χ4n) is 7.24. The molecule has 63 heavy (non-hydrogen) atoms. The Morgan fingerprint density at radius 3 is 1.89 bits per heavy atom.